The van der Waals surface area contributed by atoms with Crippen LogP contribution < -0.4 is 14.9 Å². The van der Waals surface area contributed by atoms with Gasteiger partial charge in [0.2, 0.25) is 0 Å². The summed E-state index contributed by atoms with van der Waals surface area (Å²) in [5.41, 5.74) is 4.28. The number of aromatic nitrogens is 3. The van der Waals surface area contributed by atoms with E-state index in [-0.39, 0.29) is 22.5 Å². The average Bonchev–Trinajstić information content (AvgIpc) is 3.61. The highest BCUT2D eigenvalue weighted by Crippen LogP contribution is 2.25. The summed E-state index contributed by atoms with van der Waals surface area (Å²) >= 11 is 0. The third-order valence-corrected chi connectivity index (χ3v) is 8.14. The molecule has 10 heteroatoms. The number of fused-ring (bicyclic) bond motifs is 1. The lowest BCUT2D eigenvalue weighted by atomic mass is 10.1. The molecule has 6 aromatic rings. The second kappa shape index (κ2) is 17.1. The number of phenols is 1. The first-order chi connectivity index (χ1) is 24.9. The van der Waals surface area contributed by atoms with E-state index in [1.807, 2.05) is 73.8 Å². The van der Waals surface area contributed by atoms with Gasteiger partial charge in [0, 0.05) is 17.8 Å². The van der Waals surface area contributed by atoms with Crippen LogP contribution in [0.4, 0.5) is 0 Å². The maximum Gasteiger partial charge on any atom is 0.193 e. The van der Waals surface area contributed by atoms with Gasteiger partial charge in [-0.15, -0.1) is 5.10 Å². The number of rotatable bonds is 17. The van der Waals surface area contributed by atoms with Crippen LogP contribution in [0.3, 0.4) is 0 Å². The summed E-state index contributed by atoms with van der Waals surface area (Å²) in [6.45, 7) is 4.37. The molecule has 51 heavy (non-hydrogen) atoms. The van der Waals surface area contributed by atoms with E-state index in [2.05, 4.69) is 10.3 Å². The van der Waals surface area contributed by atoms with Gasteiger partial charge < -0.3 is 23.7 Å². The monoisotopic (exact) mass is 685 g/mol. The van der Waals surface area contributed by atoms with Gasteiger partial charge in [0.15, 0.2) is 11.2 Å². The predicted molar refractivity (Wildman–Crippen MR) is 195 cm³/mol. The highest BCUT2D eigenvalue weighted by molar-refractivity contribution is 6.08. The van der Waals surface area contributed by atoms with Crippen molar-refractivity contribution in [3.63, 3.8) is 0 Å². The Kier molecular flexibility index (Phi) is 11.7. The van der Waals surface area contributed by atoms with E-state index in [1.54, 1.807) is 35.0 Å². The van der Waals surface area contributed by atoms with Gasteiger partial charge in [-0.25, -0.2) is 4.68 Å². The van der Waals surface area contributed by atoms with Crippen molar-refractivity contribution < 1.29 is 28.5 Å². The molecule has 4 aromatic carbocycles. The Morgan fingerprint density at radius 1 is 0.863 bits per heavy atom. The Morgan fingerprint density at radius 3 is 2.45 bits per heavy atom. The van der Waals surface area contributed by atoms with Crippen molar-refractivity contribution in [1.82, 2.24) is 15.0 Å². The lowest BCUT2D eigenvalue weighted by Gasteiger charge is -2.08. The van der Waals surface area contributed by atoms with Crippen molar-refractivity contribution >= 4 is 22.8 Å². The summed E-state index contributed by atoms with van der Waals surface area (Å²) in [6, 6.07) is 28.6. The molecule has 0 saturated heterocycles. The quantitative estimate of drug-likeness (QED) is 0.0592. The number of para-hydroxylation sites is 1. The minimum absolute atomic E-state index is 0.0230. The predicted octanol–water partition coefficient (Wildman–Crippen LogP) is 7.46. The zero-order chi connectivity index (χ0) is 35.4. The van der Waals surface area contributed by atoms with Crippen LogP contribution in [0.1, 0.15) is 40.0 Å². The summed E-state index contributed by atoms with van der Waals surface area (Å²) in [5.74, 6) is 1.71. The molecule has 0 aliphatic carbocycles. The smallest absolute Gasteiger partial charge is 0.193 e. The van der Waals surface area contributed by atoms with Crippen molar-refractivity contribution in [3.8, 4) is 28.6 Å². The summed E-state index contributed by atoms with van der Waals surface area (Å²) in [7, 11) is 0. The van der Waals surface area contributed by atoms with Crippen LogP contribution in [0.2, 0.25) is 0 Å². The minimum atomic E-state index is -0.247. The van der Waals surface area contributed by atoms with Crippen LogP contribution >= 0.6 is 0 Å². The first kappa shape index (κ1) is 34.8. The number of carbonyl (C=O) groups is 1. The highest BCUT2D eigenvalue weighted by Gasteiger charge is 2.09. The molecule has 2 aromatic heterocycles. The number of allylic oxidation sites excluding steroid dienone is 1. The molecular formula is C41H39N3O7. The number of carbonyl (C=O) groups excluding carboxylic acids is 1. The fourth-order valence-corrected chi connectivity index (χ4v) is 5.38. The number of hydrogen-bond donors (Lipinski definition) is 1. The lowest BCUT2D eigenvalue weighted by Crippen LogP contribution is -2.11. The molecule has 0 unspecified atom stereocenters. The largest absolute Gasteiger partial charge is 0.507 e. The number of aromatic hydroxyl groups is 1. The lowest BCUT2D eigenvalue weighted by molar-refractivity contribution is 0.0923. The molecule has 0 radical (unpaired) electrons. The van der Waals surface area contributed by atoms with Gasteiger partial charge in [-0.3, -0.25) is 9.59 Å². The Hall–Kier alpha value is -6.00. The van der Waals surface area contributed by atoms with Crippen LogP contribution in [-0.4, -0.2) is 52.3 Å². The Morgan fingerprint density at radius 2 is 1.63 bits per heavy atom. The Balaban J connectivity index is 0.827. The highest BCUT2D eigenvalue weighted by atomic mass is 16.5. The van der Waals surface area contributed by atoms with Gasteiger partial charge in [-0.1, -0.05) is 47.2 Å². The summed E-state index contributed by atoms with van der Waals surface area (Å²) < 4.78 is 25.1. The van der Waals surface area contributed by atoms with E-state index >= 15 is 0 Å². The van der Waals surface area contributed by atoms with E-state index in [1.165, 1.54) is 18.2 Å². The fraction of sp³-hybridized carbons (Fsp3) is 0.220. The van der Waals surface area contributed by atoms with Crippen LogP contribution in [0.25, 0.3) is 28.4 Å². The molecule has 260 valence electrons. The van der Waals surface area contributed by atoms with Crippen molar-refractivity contribution in [2.24, 2.45) is 0 Å². The zero-order valence-electron chi connectivity index (χ0n) is 28.4. The Bertz CT molecular complexity index is 2150. The molecule has 0 fully saturated rings. The van der Waals surface area contributed by atoms with Crippen LogP contribution in [0.15, 0.2) is 119 Å². The van der Waals surface area contributed by atoms with Crippen molar-refractivity contribution in [3.05, 3.63) is 142 Å². The second-order valence-electron chi connectivity index (χ2n) is 12.0. The van der Waals surface area contributed by atoms with E-state index in [4.69, 9.17) is 18.6 Å². The third kappa shape index (κ3) is 9.80. The number of ketones is 1. The van der Waals surface area contributed by atoms with Gasteiger partial charge in [-0.2, -0.15) is 0 Å². The molecular weight excluding hydrogens is 646 g/mol. The molecule has 0 spiro atoms. The number of aryl methyl sites for hydroxylation is 2. The number of phenolic OH excluding ortho intramolecular Hbond substituents is 1. The third-order valence-electron chi connectivity index (χ3n) is 8.14. The van der Waals surface area contributed by atoms with Gasteiger partial charge in [0.05, 0.1) is 43.0 Å². The average molecular weight is 686 g/mol. The molecule has 2 heterocycles. The standard InChI is InChI=1S/C41H39N3O7/c1-29-9-19-37(45)36(26-29)38(46)20-12-30-10-15-33(16-11-30)49-22-5-4-6-32-28-44(43-42-32)21-23-48-24-25-50-34-17-13-31(14-18-34)41-27-39(47)35-7-2-3-8-40(35)51-41/h2-3,7-20,26-28,45H,4-6,21-25H2,1H3/b20-12+. The fourth-order valence-electron chi connectivity index (χ4n) is 5.38. The summed E-state index contributed by atoms with van der Waals surface area (Å²) in [4.78, 5) is 24.9. The second-order valence-corrected chi connectivity index (χ2v) is 12.0. The van der Waals surface area contributed by atoms with Crippen LogP contribution in [0.5, 0.6) is 17.2 Å². The maximum atomic E-state index is 12.5. The first-order valence-corrected chi connectivity index (χ1v) is 16.9. The van der Waals surface area contributed by atoms with Crippen LogP contribution in [-0.2, 0) is 17.7 Å². The molecule has 0 bridgehead atoms. The molecule has 0 saturated carbocycles. The molecule has 6 rings (SSSR count). The van der Waals surface area contributed by atoms with Crippen molar-refractivity contribution in [1.29, 1.82) is 0 Å². The topological polar surface area (TPSA) is 126 Å². The van der Waals surface area contributed by atoms with Gasteiger partial charge in [0.1, 0.15) is 35.2 Å². The minimum Gasteiger partial charge on any atom is -0.507 e. The van der Waals surface area contributed by atoms with Crippen molar-refractivity contribution in [2.75, 3.05) is 26.4 Å². The molecule has 1 N–H and O–H groups in total. The van der Waals surface area contributed by atoms with Gasteiger partial charge in [-0.05, 0) is 98.5 Å². The van der Waals surface area contributed by atoms with E-state index in [0.29, 0.717) is 55.5 Å². The van der Waals surface area contributed by atoms with E-state index < -0.39 is 0 Å². The SMILES string of the molecule is Cc1ccc(O)c(C(=O)/C=C/c2ccc(OCCCCc3cn(CCOCCOc4ccc(-c5cc(=O)c6ccccc6o5)cc4)nn3)cc2)c1. The van der Waals surface area contributed by atoms with Gasteiger partial charge in [0.25, 0.3) is 0 Å². The number of nitrogens with zero attached hydrogens (tertiary/aromatic N) is 3. The normalized spacial score (nSPS) is 11.3. The van der Waals surface area contributed by atoms with E-state index in [9.17, 15) is 14.7 Å². The zero-order valence-corrected chi connectivity index (χ0v) is 28.4. The molecule has 0 aliphatic heterocycles. The summed E-state index contributed by atoms with van der Waals surface area (Å²) in [6.07, 6.45) is 7.72. The molecule has 10 nitrogen and oxygen atoms in total. The number of unbranched alkanes of at least 4 members (excludes halogenated alkanes) is 1. The number of benzene rings is 4. The number of hydrogen-bond acceptors (Lipinski definition) is 9. The molecule has 0 atom stereocenters. The van der Waals surface area contributed by atoms with Gasteiger partial charge >= 0.3 is 0 Å². The first-order valence-electron chi connectivity index (χ1n) is 16.9. The molecule has 0 amide bonds. The van der Waals surface area contributed by atoms with Crippen LogP contribution in [0, 0.1) is 6.92 Å². The van der Waals surface area contributed by atoms with Crippen molar-refractivity contribution in [2.45, 2.75) is 32.7 Å². The summed E-state index contributed by atoms with van der Waals surface area (Å²) in [5, 5.41) is 19.0. The number of ether oxygens (including phenoxy) is 3. The molecule has 0 aliphatic rings. The maximum absolute atomic E-state index is 12.5. The Labute approximate surface area is 295 Å². The van der Waals surface area contributed by atoms with E-state index in [0.717, 1.165) is 47.4 Å².